The first-order valence-electron chi connectivity index (χ1n) is 7.24. The van der Waals surface area contributed by atoms with Crippen molar-refractivity contribution in [2.45, 2.75) is 23.8 Å². The van der Waals surface area contributed by atoms with Crippen molar-refractivity contribution in [1.29, 1.82) is 0 Å². The predicted molar refractivity (Wildman–Crippen MR) is 94.2 cm³/mol. The van der Waals surface area contributed by atoms with Crippen LogP contribution in [0.3, 0.4) is 0 Å². The van der Waals surface area contributed by atoms with Gasteiger partial charge >= 0.3 is 0 Å². The molecule has 0 bridgehead atoms. The van der Waals surface area contributed by atoms with E-state index in [1.165, 1.54) is 42.5 Å². The van der Waals surface area contributed by atoms with Gasteiger partial charge in [-0.1, -0.05) is 23.2 Å². The molecule has 0 aliphatic heterocycles. The van der Waals surface area contributed by atoms with Gasteiger partial charge in [-0.2, -0.15) is 0 Å². The van der Waals surface area contributed by atoms with E-state index in [0.717, 1.165) is 12.8 Å². The highest BCUT2D eigenvalue weighted by atomic mass is 35.5. The number of carbonyl (C=O) groups excluding carboxylic acids is 1. The number of hydrogen-bond acceptors (Lipinski definition) is 3. The number of anilines is 1. The van der Waals surface area contributed by atoms with Crippen LogP contribution < -0.4 is 10.0 Å². The summed E-state index contributed by atoms with van der Waals surface area (Å²) in [7, 11) is -3.78. The van der Waals surface area contributed by atoms with Crippen molar-refractivity contribution in [2.75, 3.05) is 4.72 Å². The second kappa shape index (κ2) is 6.63. The molecule has 0 saturated heterocycles. The van der Waals surface area contributed by atoms with Gasteiger partial charge in [0.05, 0.1) is 15.5 Å². The summed E-state index contributed by atoms with van der Waals surface area (Å²) >= 11 is 11.8. The molecular weight excluding hydrogens is 371 g/mol. The molecule has 0 heterocycles. The molecule has 0 aromatic heterocycles. The zero-order valence-electron chi connectivity index (χ0n) is 12.4. The van der Waals surface area contributed by atoms with Crippen molar-refractivity contribution in [1.82, 2.24) is 5.32 Å². The van der Waals surface area contributed by atoms with E-state index in [9.17, 15) is 13.2 Å². The highest BCUT2D eigenvalue weighted by molar-refractivity contribution is 7.92. The van der Waals surface area contributed by atoms with Crippen molar-refractivity contribution in [2.24, 2.45) is 0 Å². The van der Waals surface area contributed by atoms with E-state index >= 15 is 0 Å². The summed E-state index contributed by atoms with van der Waals surface area (Å²) < 4.78 is 27.2. The highest BCUT2D eigenvalue weighted by Gasteiger charge is 2.25. The fourth-order valence-corrected chi connectivity index (χ4v) is 3.46. The van der Waals surface area contributed by atoms with Gasteiger partial charge in [0.25, 0.3) is 15.9 Å². The Kier molecular flexibility index (Phi) is 4.71. The van der Waals surface area contributed by atoms with E-state index in [1.54, 1.807) is 0 Å². The van der Waals surface area contributed by atoms with Gasteiger partial charge in [0, 0.05) is 16.8 Å². The molecular formula is C16H14Cl2N2O3S. The molecule has 0 atom stereocenters. The van der Waals surface area contributed by atoms with Crippen LogP contribution in [0.4, 0.5) is 5.69 Å². The van der Waals surface area contributed by atoms with Crippen LogP contribution in [0.25, 0.3) is 0 Å². The first kappa shape index (κ1) is 17.1. The summed E-state index contributed by atoms with van der Waals surface area (Å²) in [6.45, 7) is 0. The van der Waals surface area contributed by atoms with E-state index in [-0.39, 0.29) is 33.1 Å². The topological polar surface area (TPSA) is 75.3 Å². The standard InChI is InChI=1S/C16H14Cl2N2O3S/c17-10-1-6-13(7-2-10)24(22,23)20-12-5-8-15(18)14(9-12)16(21)19-11-3-4-11/h1-2,5-9,11,20H,3-4H2,(H,19,21). The van der Waals surface area contributed by atoms with Crippen LogP contribution >= 0.6 is 23.2 Å². The molecule has 1 saturated carbocycles. The minimum atomic E-state index is -3.78. The summed E-state index contributed by atoms with van der Waals surface area (Å²) in [5, 5.41) is 3.53. The number of halogens is 2. The Hall–Kier alpha value is -1.76. The average molecular weight is 385 g/mol. The van der Waals surface area contributed by atoms with Gasteiger partial charge in [-0.25, -0.2) is 8.42 Å². The third-order valence-corrected chi connectivity index (χ3v) is 5.48. The third-order valence-electron chi connectivity index (χ3n) is 3.50. The molecule has 2 aromatic rings. The molecule has 2 aromatic carbocycles. The molecule has 2 N–H and O–H groups in total. The molecule has 3 rings (SSSR count). The fourth-order valence-electron chi connectivity index (χ4n) is 2.08. The number of sulfonamides is 1. The molecule has 0 radical (unpaired) electrons. The second-order valence-electron chi connectivity index (χ2n) is 5.50. The average Bonchev–Trinajstić information content (AvgIpc) is 3.33. The Bertz CT molecular complexity index is 879. The maximum absolute atomic E-state index is 12.4. The molecule has 5 nitrogen and oxygen atoms in total. The van der Waals surface area contributed by atoms with Gasteiger partial charge in [-0.15, -0.1) is 0 Å². The van der Waals surface area contributed by atoms with Gasteiger partial charge in [0.2, 0.25) is 0 Å². The number of carbonyl (C=O) groups is 1. The summed E-state index contributed by atoms with van der Waals surface area (Å²) in [6.07, 6.45) is 1.90. The largest absolute Gasteiger partial charge is 0.349 e. The fraction of sp³-hybridized carbons (Fsp3) is 0.188. The first-order chi connectivity index (χ1) is 11.3. The van der Waals surface area contributed by atoms with E-state index < -0.39 is 10.0 Å². The Morgan fingerprint density at radius 2 is 1.71 bits per heavy atom. The Morgan fingerprint density at radius 3 is 2.33 bits per heavy atom. The van der Waals surface area contributed by atoms with Crippen molar-refractivity contribution < 1.29 is 13.2 Å². The number of hydrogen-bond donors (Lipinski definition) is 2. The number of rotatable bonds is 5. The summed E-state index contributed by atoms with van der Waals surface area (Å²) in [4.78, 5) is 12.2. The lowest BCUT2D eigenvalue weighted by Crippen LogP contribution is -2.25. The smallest absolute Gasteiger partial charge is 0.261 e. The maximum Gasteiger partial charge on any atom is 0.261 e. The third kappa shape index (κ3) is 4.01. The number of nitrogens with one attached hydrogen (secondary N) is 2. The normalized spacial score (nSPS) is 14.2. The number of benzene rings is 2. The lowest BCUT2D eigenvalue weighted by atomic mass is 10.2. The summed E-state index contributed by atoms with van der Waals surface area (Å²) in [6, 6.07) is 10.4. The van der Waals surface area contributed by atoms with Crippen LogP contribution in [0.2, 0.25) is 10.0 Å². The van der Waals surface area contributed by atoms with Crippen molar-refractivity contribution in [3.8, 4) is 0 Å². The minimum Gasteiger partial charge on any atom is -0.349 e. The lowest BCUT2D eigenvalue weighted by Gasteiger charge is -2.11. The van der Waals surface area contributed by atoms with E-state index in [4.69, 9.17) is 23.2 Å². The molecule has 126 valence electrons. The Labute approximate surface area is 150 Å². The van der Waals surface area contributed by atoms with Crippen LogP contribution in [-0.2, 0) is 10.0 Å². The van der Waals surface area contributed by atoms with Gasteiger partial charge < -0.3 is 5.32 Å². The predicted octanol–water partition coefficient (Wildman–Crippen LogP) is 3.69. The molecule has 1 aliphatic rings. The second-order valence-corrected chi connectivity index (χ2v) is 8.03. The van der Waals surface area contributed by atoms with Gasteiger partial charge in [-0.3, -0.25) is 9.52 Å². The molecule has 24 heavy (non-hydrogen) atoms. The van der Waals surface area contributed by atoms with Crippen LogP contribution in [-0.4, -0.2) is 20.4 Å². The number of amides is 1. The Morgan fingerprint density at radius 1 is 1.04 bits per heavy atom. The summed E-state index contributed by atoms with van der Waals surface area (Å²) in [5.74, 6) is -0.310. The van der Waals surface area contributed by atoms with Crippen molar-refractivity contribution in [3.05, 3.63) is 58.1 Å². The van der Waals surface area contributed by atoms with E-state index in [2.05, 4.69) is 10.0 Å². The zero-order chi connectivity index (χ0) is 17.3. The van der Waals surface area contributed by atoms with Crippen LogP contribution in [0.15, 0.2) is 47.4 Å². The quantitative estimate of drug-likeness (QED) is 0.825. The van der Waals surface area contributed by atoms with Crippen molar-refractivity contribution in [3.63, 3.8) is 0 Å². The molecule has 1 fully saturated rings. The first-order valence-corrected chi connectivity index (χ1v) is 9.48. The Balaban J connectivity index is 1.84. The van der Waals surface area contributed by atoms with Crippen LogP contribution in [0.1, 0.15) is 23.2 Å². The van der Waals surface area contributed by atoms with Gasteiger partial charge in [0.1, 0.15) is 0 Å². The van der Waals surface area contributed by atoms with Gasteiger partial charge in [0.15, 0.2) is 0 Å². The zero-order valence-corrected chi connectivity index (χ0v) is 14.8. The lowest BCUT2D eigenvalue weighted by molar-refractivity contribution is 0.0951. The minimum absolute atomic E-state index is 0.0748. The molecule has 0 spiro atoms. The molecule has 8 heteroatoms. The monoisotopic (exact) mass is 384 g/mol. The van der Waals surface area contributed by atoms with Crippen molar-refractivity contribution >= 4 is 44.8 Å². The maximum atomic E-state index is 12.4. The molecule has 1 aliphatic carbocycles. The van der Waals surface area contributed by atoms with Crippen LogP contribution in [0, 0.1) is 0 Å². The van der Waals surface area contributed by atoms with E-state index in [1.807, 2.05) is 0 Å². The molecule has 0 unspecified atom stereocenters. The summed E-state index contributed by atoms with van der Waals surface area (Å²) in [5.41, 5.74) is 0.496. The van der Waals surface area contributed by atoms with E-state index in [0.29, 0.717) is 5.02 Å². The highest BCUT2D eigenvalue weighted by Crippen LogP contribution is 2.25. The van der Waals surface area contributed by atoms with Gasteiger partial charge in [-0.05, 0) is 55.3 Å². The molecule has 1 amide bonds. The SMILES string of the molecule is O=C(NC1CC1)c1cc(NS(=O)(=O)c2ccc(Cl)cc2)ccc1Cl. The van der Waals surface area contributed by atoms with Crippen LogP contribution in [0.5, 0.6) is 0 Å².